The summed E-state index contributed by atoms with van der Waals surface area (Å²) >= 11 is 3.71. The number of ether oxygens (including phenoxy) is 1. The molecule has 0 aromatic heterocycles. The lowest BCUT2D eigenvalue weighted by Gasteiger charge is -2.29. The van der Waals surface area contributed by atoms with Gasteiger partial charge in [0.05, 0.1) is 11.8 Å². The number of hydrogen-bond donors (Lipinski definition) is 1. The Kier molecular flexibility index (Phi) is 7.00. The maximum atomic E-state index is 5.83. The largest absolute Gasteiger partial charge is 0.376 e. The first-order valence-corrected chi connectivity index (χ1v) is 8.82. The van der Waals surface area contributed by atoms with E-state index in [1.165, 1.54) is 36.9 Å². The number of benzene rings is 1. The molecular weight excluding hydrogens is 328 g/mol. The molecule has 1 atom stereocenters. The zero-order valence-corrected chi connectivity index (χ0v) is 14.8. The fourth-order valence-corrected chi connectivity index (χ4v) is 3.46. The van der Waals surface area contributed by atoms with Crippen LogP contribution in [-0.2, 0) is 11.3 Å². The van der Waals surface area contributed by atoms with Crippen LogP contribution in [0.5, 0.6) is 0 Å². The Hall–Kier alpha value is -0.580. The third-order valence-electron chi connectivity index (χ3n) is 3.93. The maximum Gasteiger partial charge on any atom is 0.0749 e. The van der Waals surface area contributed by atoms with Crippen molar-refractivity contribution in [3.8, 4) is 0 Å². The first-order valence-electron chi connectivity index (χ1n) is 8.02. The van der Waals surface area contributed by atoms with E-state index in [-0.39, 0.29) is 0 Å². The van der Waals surface area contributed by atoms with Gasteiger partial charge in [-0.25, -0.2) is 0 Å². The van der Waals surface area contributed by atoms with Crippen LogP contribution in [0.2, 0.25) is 0 Å². The molecule has 1 aliphatic heterocycles. The molecule has 0 aliphatic carbocycles. The highest BCUT2D eigenvalue weighted by molar-refractivity contribution is 9.10. The Morgan fingerprint density at radius 1 is 1.38 bits per heavy atom. The predicted octanol–water partition coefficient (Wildman–Crippen LogP) is 3.95. The van der Waals surface area contributed by atoms with Gasteiger partial charge in [-0.3, -0.25) is 0 Å². The second kappa shape index (κ2) is 8.76. The summed E-state index contributed by atoms with van der Waals surface area (Å²) in [5, 5.41) is 3.44. The second-order valence-electron chi connectivity index (χ2n) is 5.83. The summed E-state index contributed by atoms with van der Waals surface area (Å²) in [6, 6.07) is 6.63. The number of rotatable bonds is 7. The molecule has 1 unspecified atom stereocenters. The number of likely N-dealkylation sites (N-methyl/N-ethyl adjacent to an activating group) is 1. The standard InChI is InChI=1S/C17H27BrN2O/c1-3-9-19-12-14-7-8-17(16(18)11-14)20(2)13-15-6-4-5-10-21-15/h7-8,11,15,19H,3-6,9-10,12-13H2,1-2H3. The highest BCUT2D eigenvalue weighted by Gasteiger charge is 2.17. The Morgan fingerprint density at radius 3 is 2.90 bits per heavy atom. The van der Waals surface area contributed by atoms with E-state index in [1.54, 1.807) is 0 Å². The summed E-state index contributed by atoms with van der Waals surface area (Å²) in [6.07, 6.45) is 5.23. The molecule has 1 aliphatic rings. The van der Waals surface area contributed by atoms with Crippen LogP contribution in [0.1, 0.15) is 38.2 Å². The van der Waals surface area contributed by atoms with Crippen molar-refractivity contribution in [2.45, 2.75) is 45.3 Å². The maximum absolute atomic E-state index is 5.83. The molecule has 21 heavy (non-hydrogen) atoms. The van der Waals surface area contributed by atoms with Crippen molar-refractivity contribution in [1.29, 1.82) is 0 Å². The van der Waals surface area contributed by atoms with Crippen LogP contribution in [0.4, 0.5) is 5.69 Å². The fraction of sp³-hybridized carbons (Fsp3) is 0.647. The Balaban J connectivity index is 1.92. The van der Waals surface area contributed by atoms with E-state index in [0.29, 0.717) is 6.10 Å². The van der Waals surface area contributed by atoms with Gasteiger partial charge in [-0.15, -0.1) is 0 Å². The molecule has 0 radical (unpaired) electrons. The summed E-state index contributed by atoms with van der Waals surface area (Å²) in [5.74, 6) is 0. The summed E-state index contributed by atoms with van der Waals surface area (Å²) in [4.78, 5) is 2.29. The lowest BCUT2D eigenvalue weighted by Crippen LogP contribution is -2.33. The highest BCUT2D eigenvalue weighted by Crippen LogP contribution is 2.27. The Morgan fingerprint density at radius 2 is 2.24 bits per heavy atom. The topological polar surface area (TPSA) is 24.5 Å². The molecule has 1 N–H and O–H groups in total. The third kappa shape index (κ3) is 5.28. The molecule has 0 spiro atoms. The number of halogens is 1. The van der Waals surface area contributed by atoms with Crippen molar-refractivity contribution < 1.29 is 4.74 Å². The summed E-state index contributed by atoms with van der Waals surface area (Å²) in [5.41, 5.74) is 2.56. The highest BCUT2D eigenvalue weighted by atomic mass is 79.9. The van der Waals surface area contributed by atoms with E-state index in [2.05, 4.69) is 58.3 Å². The first kappa shape index (κ1) is 16.8. The average Bonchev–Trinajstić information content (AvgIpc) is 2.48. The minimum Gasteiger partial charge on any atom is -0.376 e. The molecule has 1 heterocycles. The molecule has 0 bridgehead atoms. The minimum atomic E-state index is 0.376. The molecule has 118 valence electrons. The van der Waals surface area contributed by atoms with E-state index >= 15 is 0 Å². The van der Waals surface area contributed by atoms with Crippen molar-refractivity contribution >= 4 is 21.6 Å². The Bertz CT molecular complexity index is 433. The summed E-state index contributed by atoms with van der Waals surface area (Å²) in [7, 11) is 2.15. The van der Waals surface area contributed by atoms with Gasteiger partial charge >= 0.3 is 0 Å². The van der Waals surface area contributed by atoms with Gasteiger partial charge in [0.2, 0.25) is 0 Å². The van der Waals surface area contributed by atoms with E-state index in [4.69, 9.17) is 4.74 Å². The van der Waals surface area contributed by atoms with E-state index in [0.717, 1.165) is 30.7 Å². The van der Waals surface area contributed by atoms with E-state index in [1.807, 2.05) is 0 Å². The lowest BCUT2D eigenvalue weighted by atomic mass is 10.1. The molecule has 1 fully saturated rings. The van der Waals surface area contributed by atoms with Gasteiger partial charge in [-0.2, -0.15) is 0 Å². The molecule has 1 saturated heterocycles. The van der Waals surface area contributed by atoms with Crippen molar-refractivity contribution in [3.05, 3.63) is 28.2 Å². The summed E-state index contributed by atoms with van der Waals surface area (Å²) in [6.45, 7) is 6.07. The van der Waals surface area contributed by atoms with Crippen LogP contribution in [0.25, 0.3) is 0 Å². The van der Waals surface area contributed by atoms with Gasteiger partial charge < -0.3 is 15.0 Å². The predicted molar refractivity (Wildman–Crippen MR) is 93.0 cm³/mol. The number of nitrogens with zero attached hydrogens (tertiary/aromatic N) is 1. The van der Waals surface area contributed by atoms with Crippen LogP contribution in [0.15, 0.2) is 22.7 Å². The normalized spacial score (nSPS) is 18.7. The Labute approximate surface area is 137 Å². The molecule has 0 amide bonds. The van der Waals surface area contributed by atoms with Gasteiger partial charge in [-0.1, -0.05) is 13.0 Å². The van der Waals surface area contributed by atoms with E-state index in [9.17, 15) is 0 Å². The molecule has 3 nitrogen and oxygen atoms in total. The zero-order valence-electron chi connectivity index (χ0n) is 13.2. The second-order valence-corrected chi connectivity index (χ2v) is 6.69. The lowest BCUT2D eigenvalue weighted by molar-refractivity contribution is 0.0216. The van der Waals surface area contributed by atoms with E-state index < -0.39 is 0 Å². The van der Waals surface area contributed by atoms with Crippen LogP contribution in [0, 0.1) is 0 Å². The van der Waals surface area contributed by atoms with Crippen molar-refractivity contribution in [2.24, 2.45) is 0 Å². The average molecular weight is 355 g/mol. The van der Waals surface area contributed by atoms with Gasteiger partial charge in [0, 0.05) is 31.2 Å². The van der Waals surface area contributed by atoms with Crippen molar-refractivity contribution in [1.82, 2.24) is 5.32 Å². The number of nitrogens with one attached hydrogen (secondary N) is 1. The van der Waals surface area contributed by atoms with Gasteiger partial charge in [0.25, 0.3) is 0 Å². The van der Waals surface area contributed by atoms with Gasteiger partial charge in [0.15, 0.2) is 0 Å². The van der Waals surface area contributed by atoms with Crippen molar-refractivity contribution in [2.75, 3.05) is 31.6 Å². The monoisotopic (exact) mass is 354 g/mol. The van der Waals surface area contributed by atoms with Crippen LogP contribution >= 0.6 is 15.9 Å². The van der Waals surface area contributed by atoms with Gasteiger partial charge in [-0.05, 0) is 65.9 Å². The third-order valence-corrected chi connectivity index (χ3v) is 4.57. The smallest absolute Gasteiger partial charge is 0.0749 e. The minimum absolute atomic E-state index is 0.376. The van der Waals surface area contributed by atoms with Crippen LogP contribution in [-0.4, -0.2) is 32.8 Å². The molecule has 4 heteroatoms. The number of anilines is 1. The zero-order chi connectivity index (χ0) is 15.1. The molecule has 2 rings (SSSR count). The van der Waals surface area contributed by atoms with Gasteiger partial charge in [0.1, 0.15) is 0 Å². The quantitative estimate of drug-likeness (QED) is 0.750. The number of hydrogen-bond acceptors (Lipinski definition) is 3. The van der Waals surface area contributed by atoms with Crippen molar-refractivity contribution in [3.63, 3.8) is 0 Å². The van der Waals surface area contributed by atoms with Crippen LogP contribution in [0.3, 0.4) is 0 Å². The summed E-state index contributed by atoms with van der Waals surface area (Å²) < 4.78 is 7.00. The molecule has 1 aromatic carbocycles. The molecule has 1 aromatic rings. The van der Waals surface area contributed by atoms with Crippen LogP contribution < -0.4 is 10.2 Å². The molecular formula is C17H27BrN2O. The molecule has 0 saturated carbocycles. The first-order chi connectivity index (χ1) is 10.2. The fourth-order valence-electron chi connectivity index (χ4n) is 2.73. The SMILES string of the molecule is CCCNCc1ccc(N(C)CC2CCCCO2)c(Br)c1.